The van der Waals surface area contributed by atoms with Crippen molar-refractivity contribution in [2.24, 2.45) is 0 Å². The maximum absolute atomic E-state index is 9.06. The Kier molecular flexibility index (Phi) is 6.43. The van der Waals surface area contributed by atoms with Gasteiger partial charge in [-0.3, -0.25) is 4.40 Å². The summed E-state index contributed by atoms with van der Waals surface area (Å²) in [5.74, 6) is 1.11. The van der Waals surface area contributed by atoms with Gasteiger partial charge in [0.25, 0.3) is 6.33 Å². The molecule has 0 spiro atoms. The van der Waals surface area contributed by atoms with E-state index in [9.17, 15) is 0 Å². The summed E-state index contributed by atoms with van der Waals surface area (Å²) in [7, 11) is 0. The van der Waals surface area contributed by atoms with Crippen LogP contribution in [0.2, 0.25) is 0 Å². The predicted molar refractivity (Wildman–Crippen MR) is 267 cm³/mol. The van der Waals surface area contributed by atoms with Gasteiger partial charge in [0.2, 0.25) is 0 Å². The lowest BCUT2D eigenvalue weighted by atomic mass is 9.95. The third-order valence-electron chi connectivity index (χ3n) is 12.3. The summed E-state index contributed by atoms with van der Waals surface area (Å²) in [5.41, 5.74) is 5.11. The Labute approximate surface area is 388 Å². The van der Waals surface area contributed by atoms with Gasteiger partial charge in [-0.2, -0.15) is 9.13 Å². The molecule has 4 aromatic heterocycles. The molecule has 5 nitrogen and oxygen atoms in total. The Morgan fingerprint density at radius 2 is 1.03 bits per heavy atom. The van der Waals surface area contributed by atoms with Crippen LogP contribution in [0.1, 0.15) is 13.7 Å². The maximum Gasteiger partial charge on any atom is 0.255 e. The van der Waals surface area contributed by atoms with Crippen molar-refractivity contribution in [1.29, 1.82) is 0 Å². The summed E-state index contributed by atoms with van der Waals surface area (Å²) in [6.07, 6.45) is 3.62. The van der Waals surface area contributed by atoms with Crippen LogP contribution in [-0.4, -0.2) is 14.0 Å². The SMILES string of the molecule is [2H]c1c([2H])c([2H])c(-c2cccc(-c3c([2H])c([2H])c([2H])c([2H])c3[2H])c2-[n+]2cn(-c3cccc(Oc4ccc5c6cccc7c8ccccc8c8ccccc8c8cccnc8n(c5c4)c76)c3)c3ccccc32)c([2H])c1[2H]. The highest BCUT2D eigenvalue weighted by atomic mass is 16.5. The number of ether oxygens (including phenoxy) is 1. The fourth-order valence-corrected chi connectivity index (χ4v) is 9.54. The molecule has 304 valence electrons. The number of pyridine rings is 1. The number of para-hydroxylation sites is 4. The molecule has 0 aliphatic rings. The van der Waals surface area contributed by atoms with Crippen LogP contribution in [0.4, 0.5) is 0 Å². The molecule has 0 radical (unpaired) electrons. The summed E-state index contributed by atoms with van der Waals surface area (Å²) in [6, 6.07) is 48.5. The Morgan fingerprint density at radius 3 is 1.75 bits per heavy atom. The van der Waals surface area contributed by atoms with Crippen molar-refractivity contribution in [3.05, 3.63) is 237 Å². The first-order valence-electron chi connectivity index (χ1n) is 26.2. The molecular weight excluding hydrogens is 793 g/mol. The molecule has 0 aliphatic carbocycles. The van der Waals surface area contributed by atoms with E-state index in [0.717, 1.165) is 59.8 Å². The van der Waals surface area contributed by atoms with Crippen molar-refractivity contribution >= 4 is 70.8 Å². The number of nitrogens with zero attached hydrogens (tertiary/aromatic N) is 4. The first kappa shape index (κ1) is 28.0. The molecule has 0 aliphatic heterocycles. The van der Waals surface area contributed by atoms with E-state index in [-0.39, 0.29) is 27.9 Å². The summed E-state index contributed by atoms with van der Waals surface area (Å²) in [4.78, 5) is 5.09. The second-order valence-corrected chi connectivity index (χ2v) is 15.8. The van der Waals surface area contributed by atoms with Gasteiger partial charge < -0.3 is 4.74 Å². The third kappa shape index (κ3) is 5.94. The molecule has 13 rings (SSSR count). The first-order valence-corrected chi connectivity index (χ1v) is 21.2. The Bertz CT molecular complexity index is 4520. The number of benzene rings is 9. The molecule has 65 heavy (non-hydrogen) atoms. The van der Waals surface area contributed by atoms with Crippen molar-refractivity contribution in [1.82, 2.24) is 14.0 Å². The smallest absolute Gasteiger partial charge is 0.255 e. The molecule has 4 heterocycles. The molecule has 5 heteroatoms. The Morgan fingerprint density at radius 1 is 0.462 bits per heavy atom. The lowest BCUT2D eigenvalue weighted by Gasteiger charge is -2.13. The molecule has 0 saturated heterocycles. The van der Waals surface area contributed by atoms with Gasteiger partial charge in [-0.05, 0) is 81.2 Å². The zero-order chi connectivity index (χ0) is 51.6. The Balaban J connectivity index is 1.01. The van der Waals surface area contributed by atoms with Crippen LogP contribution in [0.3, 0.4) is 0 Å². The highest BCUT2D eigenvalue weighted by molar-refractivity contribution is 6.24. The minimum Gasteiger partial charge on any atom is -0.457 e. The summed E-state index contributed by atoms with van der Waals surface area (Å²) in [5, 5.41) is 8.61. The van der Waals surface area contributed by atoms with Crippen molar-refractivity contribution in [3.8, 4) is 45.1 Å². The first-order chi connectivity index (χ1) is 36.4. The average molecular weight is 842 g/mol. The van der Waals surface area contributed by atoms with E-state index >= 15 is 0 Å². The quantitative estimate of drug-likeness (QED) is 0.156. The number of imidazole rings is 1. The van der Waals surface area contributed by atoms with Crippen LogP contribution >= 0.6 is 0 Å². The fourth-order valence-electron chi connectivity index (χ4n) is 9.54. The molecule has 0 amide bonds. The number of rotatable bonds is 6. The van der Waals surface area contributed by atoms with E-state index in [1.165, 1.54) is 0 Å². The second-order valence-electron chi connectivity index (χ2n) is 15.8. The van der Waals surface area contributed by atoms with E-state index in [1.807, 2.05) is 71.4 Å². The monoisotopic (exact) mass is 841 g/mol. The van der Waals surface area contributed by atoms with E-state index in [4.69, 9.17) is 23.4 Å². The van der Waals surface area contributed by atoms with Crippen molar-refractivity contribution < 1.29 is 23.0 Å². The van der Waals surface area contributed by atoms with Crippen LogP contribution in [0.25, 0.3) is 104 Å². The van der Waals surface area contributed by atoms with E-state index in [2.05, 4.69) is 89.3 Å². The molecule has 0 saturated carbocycles. The molecule has 0 atom stereocenters. The minimum atomic E-state index is -0.560. The molecule has 0 fully saturated rings. The van der Waals surface area contributed by atoms with Crippen LogP contribution in [0.15, 0.2) is 237 Å². The number of aromatic nitrogens is 4. The second kappa shape index (κ2) is 14.9. The lowest BCUT2D eigenvalue weighted by molar-refractivity contribution is -0.566. The van der Waals surface area contributed by atoms with E-state index < -0.39 is 60.4 Å². The van der Waals surface area contributed by atoms with Gasteiger partial charge in [0.15, 0.2) is 11.0 Å². The van der Waals surface area contributed by atoms with Crippen LogP contribution < -0.4 is 9.30 Å². The number of hydrogen-bond donors (Lipinski definition) is 0. The molecular formula is C60H39N4O+. The normalized spacial score (nSPS) is 13.8. The van der Waals surface area contributed by atoms with E-state index in [0.29, 0.717) is 28.2 Å². The Hall–Kier alpha value is -8.80. The van der Waals surface area contributed by atoms with Gasteiger partial charge in [0, 0.05) is 51.0 Å². The van der Waals surface area contributed by atoms with Gasteiger partial charge in [-0.1, -0.05) is 164 Å². The summed E-state index contributed by atoms with van der Waals surface area (Å²) in [6.45, 7) is 0. The van der Waals surface area contributed by atoms with Crippen LogP contribution in [0.5, 0.6) is 11.5 Å². The zero-order valence-electron chi connectivity index (χ0n) is 44.4. The lowest BCUT2D eigenvalue weighted by Crippen LogP contribution is -2.30. The molecule has 9 aromatic carbocycles. The summed E-state index contributed by atoms with van der Waals surface area (Å²) < 4.78 is 100. The maximum atomic E-state index is 9.06. The molecule has 13 aromatic rings. The number of fused-ring (bicyclic) bond motifs is 11. The van der Waals surface area contributed by atoms with Gasteiger partial charge >= 0.3 is 0 Å². The molecule has 0 bridgehead atoms. The van der Waals surface area contributed by atoms with Crippen LogP contribution in [-0.2, 0) is 0 Å². The topological polar surface area (TPSA) is 35.3 Å². The number of hydrogen-bond acceptors (Lipinski definition) is 2. The summed E-state index contributed by atoms with van der Waals surface area (Å²) >= 11 is 0. The van der Waals surface area contributed by atoms with E-state index in [1.54, 1.807) is 29.1 Å². The van der Waals surface area contributed by atoms with Gasteiger partial charge in [-0.15, -0.1) is 0 Å². The highest BCUT2D eigenvalue weighted by Crippen LogP contribution is 2.40. The van der Waals surface area contributed by atoms with Crippen molar-refractivity contribution in [2.45, 2.75) is 0 Å². The van der Waals surface area contributed by atoms with Gasteiger partial charge in [-0.25, -0.2) is 4.98 Å². The van der Waals surface area contributed by atoms with Crippen LogP contribution in [0, 0.1) is 0 Å². The molecule has 0 N–H and O–H groups in total. The largest absolute Gasteiger partial charge is 0.457 e. The van der Waals surface area contributed by atoms with Crippen molar-refractivity contribution in [2.75, 3.05) is 0 Å². The predicted octanol–water partition coefficient (Wildman–Crippen LogP) is 15.0. The zero-order valence-corrected chi connectivity index (χ0v) is 34.4. The highest BCUT2D eigenvalue weighted by Gasteiger charge is 2.25. The minimum absolute atomic E-state index is 0.112. The fraction of sp³-hybridized carbons (Fsp3) is 0. The van der Waals surface area contributed by atoms with Gasteiger partial charge in [0.05, 0.1) is 24.7 Å². The van der Waals surface area contributed by atoms with Gasteiger partial charge in [0.1, 0.15) is 28.5 Å². The van der Waals surface area contributed by atoms with Crippen molar-refractivity contribution in [3.63, 3.8) is 0 Å². The average Bonchev–Trinajstić information content (AvgIpc) is 4.00. The third-order valence-corrected chi connectivity index (χ3v) is 12.3. The standard InChI is InChI=1S/C60H39N4O/c1-3-17-40(18-4-1)45-27-14-28-46(41-19-5-2-6-20-41)58(45)63-39-62(55-32-11-12-33-56(55)63)42-21-13-22-43(37-42)65-44-34-35-51-53-30-15-29-52-49-25-9-7-23-47(49)48-24-8-10-26-50(48)54-31-16-36-61-60(54)64(59(52)53)57(51)38-44/h1-39H/q+1/i1D,2D,3D,4D,5D,6D,17D,18D,19D,20D. The molecule has 0 unspecified atom stereocenters.